The molecule has 2 nitrogen and oxygen atoms in total. The van der Waals surface area contributed by atoms with Crippen LogP contribution in [0.15, 0.2) is 0 Å². The van der Waals surface area contributed by atoms with E-state index in [0.717, 1.165) is 11.8 Å². The van der Waals surface area contributed by atoms with Crippen molar-refractivity contribution in [1.29, 1.82) is 0 Å². The predicted molar refractivity (Wildman–Crippen MR) is 38.8 cm³/mol. The zero-order valence-corrected chi connectivity index (χ0v) is 6.97. The summed E-state index contributed by atoms with van der Waals surface area (Å²) in [4.78, 5) is 0. The lowest BCUT2D eigenvalue weighted by molar-refractivity contribution is 0.0325. The van der Waals surface area contributed by atoms with Crippen LogP contribution in [-0.4, -0.2) is 28.7 Å². The van der Waals surface area contributed by atoms with Gasteiger partial charge in [-0.1, -0.05) is 15.9 Å². The van der Waals surface area contributed by atoms with Gasteiger partial charge in [-0.15, -0.1) is 0 Å². The summed E-state index contributed by atoms with van der Waals surface area (Å²) in [6.07, 6.45) is 0.748. The van der Waals surface area contributed by atoms with Gasteiger partial charge >= 0.3 is 0 Å². The van der Waals surface area contributed by atoms with Gasteiger partial charge < -0.3 is 9.84 Å². The smallest absolute Gasteiger partial charge is 0.0934 e. The Morgan fingerprint density at radius 2 is 2.44 bits per heavy atom. The second-order valence-corrected chi connectivity index (χ2v) is 3.09. The van der Waals surface area contributed by atoms with E-state index in [2.05, 4.69) is 15.9 Å². The lowest BCUT2D eigenvalue weighted by atomic mass is 10.2. The number of hydrogen-bond donors (Lipinski definition) is 1. The normalized spacial score (nSPS) is 43.7. The Hall–Kier alpha value is 0.400. The molecule has 0 aromatic rings. The van der Waals surface area contributed by atoms with Crippen LogP contribution in [0.1, 0.15) is 13.3 Å². The minimum atomic E-state index is -0.264. The van der Waals surface area contributed by atoms with E-state index in [1.807, 2.05) is 6.92 Å². The number of ether oxygens (including phenoxy) is 1. The van der Waals surface area contributed by atoms with E-state index in [0.29, 0.717) is 0 Å². The molecule has 0 aliphatic carbocycles. The van der Waals surface area contributed by atoms with Crippen LogP contribution >= 0.6 is 15.9 Å². The minimum absolute atomic E-state index is 0.0139. The highest BCUT2D eigenvalue weighted by Crippen LogP contribution is 2.20. The van der Waals surface area contributed by atoms with Gasteiger partial charge in [0.15, 0.2) is 0 Å². The van der Waals surface area contributed by atoms with Gasteiger partial charge in [0.25, 0.3) is 0 Å². The van der Waals surface area contributed by atoms with E-state index in [1.165, 1.54) is 0 Å². The van der Waals surface area contributed by atoms with Crippen LogP contribution in [0.5, 0.6) is 0 Å². The third-order valence-corrected chi connectivity index (χ3v) is 2.20. The molecule has 1 rings (SSSR count). The third-order valence-electron chi connectivity index (χ3n) is 1.56. The Morgan fingerprint density at radius 1 is 1.78 bits per heavy atom. The zero-order valence-electron chi connectivity index (χ0n) is 5.38. The molecule has 0 saturated carbocycles. The van der Waals surface area contributed by atoms with Crippen LogP contribution in [0.3, 0.4) is 0 Å². The van der Waals surface area contributed by atoms with Crippen molar-refractivity contribution in [1.82, 2.24) is 0 Å². The Bertz CT molecular complexity index is 97.1. The number of aliphatic hydroxyl groups excluding tert-OH is 1. The summed E-state index contributed by atoms with van der Waals surface area (Å²) < 4.78 is 5.33. The maximum atomic E-state index is 9.20. The molecular weight excluding hydrogens is 184 g/mol. The first-order valence-corrected chi connectivity index (χ1v) is 4.25. The van der Waals surface area contributed by atoms with Crippen molar-refractivity contribution < 1.29 is 9.84 Å². The van der Waals surface area contributed by atoms with Crippen LogP contribution < -0.4 is 0 Å². The van der Waals surface area contributed by atoms with Crippen molar-refractivity contribution in [2.75, 3.05) is 5.33 Å². The lowest BCUT2D eigenvalue weighted by Gasteiger charge is -2.08. The van der Waals surface area contributed by atoms with Gasteiger partial charge in [-0.05, 0) is 6.92 Å². The van der Waals surface area contributed by atoms with Crippen LogP contribution in [0, 0.1) is 0 Å². The molecule has 0 unspecified atom stereocenters. The summed E-state index contributed by atoms with van der Waals surface area (Å²) in [5.41, 5.74) is 0. The van der Waals surface area contributed by atoms with Crippen LogP contribution in [0.2, 0.25) is 0 Å². The number of alkyl halides is 1. The summed E-state index contributed by atoms with van der Waals surface area (Å²) in [5, 5.41) is 9.94. The minimum Gasteiger partial charge on any atom is -0.390 e. The molecule has 1 saturated heterocycles. The van der Waals surface area contributed by atoms with Crippen molar-refractivity contribution in [3.63, 3.8) is 0 Å². The SMILES string of the molecule is C[C@@H]1C[C@H](O)[C@H](CBr)O1. The molecule has 1 heterocycles. The van der Waals surface area contributed by atoms with Gasteiger partial charge in [-0.3, -0.25) is 0 Å². The molecule has 0 aromatic carbocycles. The Balaban J connectivity index is 2.38. The molecule has 1 aliphatic heterocycles. The van der Waals surface area contributed by atoms with Crippen LogP contribution in [-0.2, 0) is 4.74 Å². The molecule has 0 aromatic heterocycles. The Kier molecular flexibility index (Phi) is 2.50. The van der Waals surface area contributed by atoms with Gasteiger partial charge in [-0.25, -0.2) is 0 Å². The largest absolute Gasteiger partial charge is 0.390 e. The predicted octanol–water partition coefficient (Wildman–Crippen LogP) is 0.920. The molecule has 3 heteroatoms. The van der Waals surface area contributed by atoms with E-state index in [9.17, 15) is 5.11 Å². The number of aliphatic hydroxyl groups is 1. The summed E-state index contributed by atoms with van der Waals surface area (Å²) >= 11 is 3.26. The van der Waals surface area contributed by atoms with Crippen molar-refractivity contribution >= 4 is 15.9 Å². The average Bonchev–Trinajstić information content (AvgIpc) is 2.10. The van der Waals surface area contributed by atoms with E-state index in [4.69, 9.17) is 4.74 Å². The summed E-state index contributed by atoms with van der Waals surface area (Å²) in [7, 11) is 0. The second kappa shape index (κ2) is 2.99. The second-order valence-electron chi connectivity index (χ2n) is 2.44. The molecule has 1 N–H and O–H groups in total. The van der Waals surface area contributed by atoms with Crippen molar-refractivity contribution in [2.45, 2.75) is 31.7 Å². The highest BCUT2D eigenvalue weighted by atomic mass is 79.9. The molecular formula is C6H11BrO2. The number of halogens is 1. The molecule has 54 valence electrons. The molecule has 1 aliphatic rings. The summed E-state index contributed by atoms with van der Waals surface area (Å²) in [6.45, 7) is 1.98. The van der Waals surface area contributed by atoms with Gasteiger partial charge in [0, 0.05) is 11.8 Å². The van der Waals surface area contributed by atoms with E-state index >= 15 is 0 Å². The summed E-state index contributed by atoms with van der Waals surface area (Å²) in [5.74, 6) is 0. The molecule has 3 atom stereocenters. The van der Waals surface area contributed by atoms with E-state index < -0.39 is 0 Å². The number of hydrogen-bond acceptors (Lipinski definition) is 2. The molecule has 1 fully saturated rings. The highest BCUT2D eigenvalue weighted by molar-refractivity contribution is 9.09. The number of rotatable bonds is 1. The van der Waals surface area contributed by atoms with Gasteiger partial charge in [0.1, 0.15) is 0 Å². The fourth-order valence-electron chi connectivity index (χ4n) is 1.08. The standard InChI is InChI=1S/C6H11BrO2/c1-4-2-5(8)6(3-7)9-4/h4-6,8H,2-3H2,1H3/t4-,5+,6+/m1/s1. The monoisotopic (exact) mass is 194 g/mol. The topological polar surface area (TPSA) is 29.5 Å². The summed E-state index contributed by atoms with van der Waals surface area (Å²) in [6, 6.07) is 0. The average molecular weight is 195 g/mol. The quantitative estimate of drug-likeness (QED) is 0.630. The first kappa shape index (κ1) is 7.51. The van der Waals surface area contributed by atoms with Crippen LogP contribution in [0.25, 0.3) is 0 Å². The molecule has 0 spiro atoms. The Morgan fingerprint density at radius 3 is 2.67 bits per heavy atom. The lowest BCUT2D eigenvalue weighted by Crippen LogP contribution is -2.21. The molecule has 0 bridgehead atoms. The molecule has 0 radical (unpaired) electrons. The van der Waals surface area contributed by atoms with Crippen LogP contribution in [0.4, 0.5) is 0 Å². The van der Waals surface area contributed by atoms with Gasteiger partial charge in [0.2, 0.25) is 0 Å². The fourth-order valence-corrected chi connectivity index (χ4v) is 1.66. The van der Waals surface area contributed by atoms with E-state index in [-0.39, 0.29) is 18.3 Å². The van der Waals surface area contributed by atoms with Gasteiger partial charge in [-0.2, -0.15) is 0 Å². The zero-order chi connectivity index (χ0) is 6.85. The van der Waals surface area contributed by atoms with Crippen molar-refractivity contribution in [2.24, 2.45) is 0 Å². The molecule has 9 heavy (non-hydrogen) atoms. The highest BCUT2D eigenvalue weighted by Gasteiger charge is 2.29. The van der Waals surface area contributed by atoms with Gasteiger partial charge in [0.05, 0.1) is 18.3 Å². The van der Waals surface area contributed by atoms with Crippen molar-refractivity contribution in [3.05, 3.63) is 0 Å². The maximum absolute atomic E-state index is 9.20. The molecule has 0 amide bonds. The Labute approximate surface area is 63.3 Å². The van der Waals surface area contributed by atoms with E-state index in [1.54, 1.807) is 0 Å². The first-order valence-electron chi connectivity index (χ1n) is 3.13. The fraction of sp³-hybridized carbons (Fsp3) is 1.00. The first-order chi connectivity index (χ1) is 4.24. The maximum Gasteiger partial charge on any atom is 0.0934 e. The third kappa shape index (κ3) is 1.66. The van der Waals surface area contributed by atoms with Crippen molar-refractivity contribution in [3.8, 4) is 0 Å².